The summed E-state index contributed by atoms with van der Waals surface area (Å²) in [5.41, 5.74) is -3.35. The second-order valence-corrected chi connectivity index (χ2v) is 25.1. The van der Waals surface area contributed by atoms with Crippen LogP contribution in [0, 0.1) is 22.7 Å². The summed E-state index contributed by atoms with van der Waals surface area (Å²) in [5.74, 6) is -3.82. The van der Waals surface area contributed by atoms with Gasteiger partial charge in [0.1, 0.15) is 10.8 Å². The number of ether oxygens (including phenoxy) is 2. The molecule has 2 heterocycles. The number of carbonyl (C=O) groups excluding carboxylic acids is 6. The Hall–Kier alpha value is -2.28. The summed E-state index contributed by atoms with van der Waals surface area (Å²) in [6, 6.07) is 6.88. The van der Waals surface area contributed by atoms with Crippen LogP contribution in [0.5, 0.6) is 0 Å². The molecule has 76 heavy (non-hydrogen) atoms. The lowest BCUT2D eigenvalue weighted by Gasteiger charge is -2.32. The number of thiol groups is 2. The highest BCUT2D eigenvalue weighted by molar-refractivity contribution is 7.97. The highest BCUT2D eigenvalue weighted by Crippen LogP contribution is 2.41. The fraction of sp³-hybridized carbons (Fsp3) is 0.781. The molecule has 0 saturated heterocycles. The van der Waals surface area contributed by atoms with Gasteiger partial charge in [0.05, 0.1) is 34.8 Å². The molecule has 0 aliphatic carbocycles. The molecular formula is C64H106O8S4. The van der Waals surface area contributed by atoms with Crippen LogP contribution in [0.25, 0.3) is 0 Å². The van der Waals surface area contributed by atoms with Gasteiger partial charge in [-0.1, -0.05) is 257 Å². The summed E-state index contributed by atoms with van der Waals surface area (Å²) in [7, 11) is 0. The van der Waals surface area contributed by atoms with E-state index in [4.69, 9.17) is 9.47 Å². The van der Waals surface area contributed by atoms with Crippen molar-refractivity contribution in [2.24, 2.45) is 22.7 Å². The molecule has 0 fully saturated rings. The number of ketones is 2. The van der Waals surface area contributed by atoms with Crippen LogP contribution < -0.4 is 0 Å². The highest BCUT2D eigenvalue weighted by atomic mass is 32.1. The molecule has 0 N–H and O–H groups in total. The van der Waals surface area contributed by atoms with Crippen LogP contribution in [-0.4, -0.2) is 46.9 Å². The van der Waals surface area contributed by atoms with Crippen LogP contribution in [-0.2, 0) is 28.7 Å². The maximum atomic E-state index is 13.9. The molecule has 2 aromatic rings. The number of thiophene rings is 2. The summed E-state index contributed by atoms with van der Waals surface area (Å²) in [6.45, 7) is 8.12. The number of hydrogen-bond donors (Lipinski definition) is 2. The van der Waals surface area contributed by atoms with E-state index in [1.54, 1.807) is 48.9 Å². The SMILES string of the molecule is CCCCCCCCCCCCCCCCCCOC(=O)C(CCCCCCCCC(C(=O)OCCCCCCCCCCCCCCCCCC)C(C)(C(=O)S)C(=O)c1cccs1)C(C)(C(=O)S)C(=O)c1cccs1. The van der Waals surface area contributed by atoms with E-state index in [0.717, 1.165) is 64.2 Å². The van der Waals surface area contributed by atoms with Gasteiger partial charge in [0.25, 0.3) is 0 Å². The Morgan fingerprint density at radius 1 is 0.395 bits per heavy atom. The van der Waals surface area contributed by atoms with Crippen molar-refractivity contribution in [1.29, 1.82) is 0 Å². The minimum Gasteiger partial charge on any atom is -0.465 e. The molecule has 0 aliphatic rings. The normalized spacial score (nSPS) is 13.9. The van der Waals surface area contributed by atoms with Gasteiger partial charge in [-0.2, -0.15) is 0 Å². The molecule has 0 saturated carbocycles. The quantitative estimate of drug-likeness (QED) is 0.0221. The molecule has 0 aromatic carbocycles. The van der Waals surface area contributed by atoms with Gasteiger partial charge in [0.15, 0.2) is 21.8 Å². The van der Waals surface area contributed by atoms with Crippen molar-refractivity contribution in [1.82, 2.24) is 0 Å². The van der Waals surface area contributed by atoms with E-state index in [0.29, 0.717) is 35.4 Å². The van der Waals surface area contributed by atoms with Gasteiger partial charge < -0.3 is 9.47 Å². The van der Waals surface area contributed by atoms with Gasteiger partial charge in [-0.3, -0.25) is 28.8 Å². The van der Waals surface area contributed by atoms with E-state index < -0.39 is 56.4 Å². The van der Waals surface area contributed by atoms with Crippen molar-refractivity contribution in [2.75, 3.05) is 13.2 Å². The van der Waals surface area contributed by atoms with Crippen LogP contribution in [0.15, 0.2) is 35.0 Å². The molecule has 4 unspecified atom stereocenters. The average molecular weight is 1130 g/mol. The average Bonchev–Trinajstić information content (AvgIpc) is 4.17. The first-order chi connectivity index (χ1) is 36.9. The maximum Gasteiger partial charge on any atom is 0.310 e. The number of unbranched alkanes of at least 4 members (excludes halogenated alkanes) is 35. The van der Waals surface area contributed by atoms with Crippen molar-refractivity contribution in [3.8, 4) is 0 Å². The third-order valence-corrected chi connectivity index (χ3v) is 18.7. The molecule has 0 aliphatic heterocycles. The van der Waals surface area contributed by atoms with E-state index >= 15 is 0 Å². The molecule has 0 spiro atoms. The van der Waals surface area contributed by atoms with E-state index in [1.165, 1.54) is 190 Å². The number of hydrogen-bond acceptors (Lipinski definition) is 10. The fourth-order valence-electron chi connectivity index (χ4n) is 10.7. The zero-order chi connectivity index (χ0) is 55.5. The van der Waals surface area contributed by atoms with Crippen molar-refractivity contribution in [3.63, 3.8) is 0 Å². The molecule has 0 bridgehead atoms. The van der Waals surface area contributed by atoms with Crippen LogP contribution in [0.1, 0.15) is 304 Å². The largest absolute Gasteiger partial charge is 0.465 e. The predicted molar refractivity (Wildman–Crippen MR) is 326 cm³/mol. The lowest BCUT2D eigenvalue weighted by atomic mass is 9.71. The summed E-state index contributed by atoms with van der Waals surface area (Å²) >= 11 is 10.9. The van der Waals surface area contributed by atoms with Crippen molar-refractivity contribution >= 4 is 81.7 Å². The Labute approximate surface area is 482 Å². The Morgan fingerprint density at radius 2 is 0.632 bits per heavy atom. The summed E-state index contributed by atoms with van der Waals surface area (Å²) in [5, 5.41) is 2.29. The van der Waals surface area contributed by atoms with Gasteiger partial charge in [-0.15, -0.1) is 47.9 Å². The lowest BCUT2D eigenvalue weighted by Crippen LogP contribution is -2.45. The maximum absolute atomic E-state index is 13.9. The van der Waals surface area contributed by atoms with Crippen LogP contribution in [0.4, 0.5) is 0 Å². The topological polar surface area (TPSA) is 121 Å². The monoisotopic (exact) mass is 1130 g/mol. The summed E-state index contributed by atoms with van der Waals surface area (Å²) in [4.78, 5) is 82.9. The van der Waals surface area contributed by atoms with Gasteiger partial charge in [-0.05, 0) is 62.4 Å². The van der Waals surface area contributed by atoms with Gasteiger partial charge in [0, 0.05) is 0 Å². The van der Waals surface area contributed by atoms with Gasteiger partial charge >= 0.3 is 11.9 Å². The first kappa shape index (κ1) is 69.8. The molecule has 0 amide bonds. The zero-order valence-corrected chi connectivity index (χ0v) is 51.7. The summed E-state index contributed by atoms with van der Waals surface area (Å²) in [6.07, 6.45) is 45.0. The highest BCUT2D eigenvalue weighted by Gasteiger charge is 2.52. The molecular weight excluding hydrogens is 1020 g/mol. The molecule has 2 aromatic heterocycles. The van der Waals surface area contributed by atoms with Crippen LogP contribution in [0.3, 0.4) is 0 Å². The predicted octanol–water partition coefficient (Wildman–Crippen LogP) is 19.8. The third-order valence-electron chi connectivity index (χ3n) is 16.0. The molecule has 434 valence electrons. The lowest BCUT2D eigenvalue weighted by molar-refractivity contribution is -0.154. The van der Waals surface area contributed by atoms with Crippen molar-refractivity contribution in [3.05, 3.63) is 44.8 Å². The zero-order valence-electron chi connectivity index (χ0n) is 48.3. The number of rotatable bonds is 53. The molecule has 8 nitrogen and oxygen atoms in total. The Balaban J connectivity index is 1.85. The second kappa shape index (κ2) is 44.5. The minimum atomic E-state index is -1.67. The summed E-state index contributed by atoms with van der Waals surface area (Å²) < 4.78 is 11.7. The molecule has 2 rings (SSSR count). The fourth-order valence-corrected chi connectivity index (χ4v) is 12.7. The Kier molecular flexibility index (Phi) is 40.9. The van der Waals surface area contributed by atoms with E-state index in [2.05, 4.69) is 39.1 Å². The molecule has 12 heteroatoms. The minimum absolute atomic E-state index is 0.253. The first-order valence-electron chi connectivity index (χ1n) is 30.8. The second-order valence-electron chi connectivity index (χ2n) is 22.4. The molecule has 0 radical (unpaired) electrons. The number of esters is 2. The van der Waals surface area contributed by atoms with Crippen LogP contribution >= 0.6 is 47.9 Å². The molecule has 4 atom stereocenters. The van der Waals surface area contributed by atoms with Gasteiger partial charge in [0.2, 0.25) is 0 Å². The Bertz CT molecular complexity index is 1680. The van der Waals surface area contributed by atoms with Crippen molar-refractivity contribution < 1.29 is 38.2 Å². The smallest absolute Gasteiger partial charge is 0.310 e. The van der Waals surface area contributed by atoms with E-state index in [1.807, 2.05) is 0 Å². The van der Waals surface area contributed by atoms with Crippen molar-refractivity contribution in [2.45, 2.75) is 285 Å². The first-order valence-corrected chi connectivity index (χ1v) is 33.5. The van der Waals surface area contributed by atoms with Gasteiger partial charge in [-0.25, -0.2) is 0 Å². The number of Topliss-reactive ketones (excluding diaryl/α,β-unsaturated/α-hetero) is 2. The van der Waals surface area contributed by atoms with E-state index in [-0.39, 0.29) is 13.2 Å². The third kappa shape index (κ3) is 28.2. The number of carbonyl (C=O) groups is 6. The Morgan fingerprint density at radius 3 is 0.855 bits per heavy atom. The van der Waals surface area contributed by atoms with E-state index in [9.17, 15) is 28.8 Å². The standard InChI is InChI=1S/C64H106O8S4/c1-5-7-9-11-13-15-17-19-21-23-25-27-29-33-37-41-49-71-59(67)53(63(3,61(69)73)57(65)55-47-43-51-75-55)45-39-35-31-32-36-40-46-54(64(4,62(70)74)58(66)56-48-44-52-76-56)60(68)72-50-42-38-34-30-28-26-24-22-20-18-16-14-12-10-8-6-2/h43-44,47-48,51-54H,5-42,45-46,49-50H2,1-4H3,(H,69,73)(H,70,74). The van der Waals surface area contributed by atoms with Crippen LogP contribution in [0.2, 0.25) is 0 Å².